The Labute approximate surface area is 103 Å². The first-order chi connectivity index (χ1) is 6.61. The van der Waals surface area contributed by atoms with Crippen LogP contribution < -0.4 is 0 Å². The highest BCUT2D eigenvalue weighted by atomic mass is 127. The zero-order chi connectivity index (χ0) is 10.3. The zero-order valence-corrected chi connectivity index (χ0v) is 10.6. The van der Waals surface area contributed by atoms with E-state index in [1.54, 1.807) is 12.1 Å². The zero-order valence-electron chi connectivity index (χ0n) is 6.88. The van der Waals surface area contributed by atoms with E-state index >= 15 is 0 Å². The second-order valence-corrected chi connectivity index (χ2v) is 4.86. The predicted molar refractivity (Wildman–Crippen MR) is 64.8 cm³/mol. The average Bonchev–Trinajstić information content (AvgIpc) is 2.14. The number of carbonyl (C=O) groups is 2. The van der Waals surface area contributed by atoms with Crippen molar-refractivity contribution in [2.24, 2.45) is 0 Å². The van der Waals surface area contributed by atoms with Crippen molar-refractivity contribution < 1.29 is 9.59 Å². The Morgan fingerprint density at radius 1 is 1.21 bits per heavy atom. The minimum Gasteiger partial charge on any atom is -0.289 e. The fourth-order valence-electron chi connectivity index (χ4n) is 1.35. The topological polar surface area (TPSA) is 34.1 Å². The summed E-state index contributed by atoms with van der Waals surface area (Å²) in [4.78, 5) is 23.2. The first-order valence-electron chi connectivity index (χ1n) is 3.86. The van der Waals surface area contributed by atoms with Crippen molar-refractivity contribution in [2.45, 2.75) is 0 Å². The van der Waals surface area contributed by atoms with Crippen LogP contribution in [0.5, 0.6) is 0 Å². The summed E-state index contributed by atoms with van der Waals surface area (Å²) in [5, 5.41) is 0. The molecular formula is C10H4BrIO2. The molecule has 1 aromatic rings. The number of rotatable bonds is 0. The molecule has 0 saturated heterocycles. The van der Waals surface area contributed by atoms with Crippen molar-refractivity contribution in [1.82, 2.24) is 0 Å². The van der Waals surface area contributed by atoms with Crippen LogP contribution in [0.15, 0.2) is 28.8 Å². The molecule has 0 aromatic heterocycles. The monoisotopic (exact) mass is 362 g/mol. The molecule has 1 aromatic carbocycles. The summed E-state index contributed by atoms with van der Waals surface area (Å²) in [5.41, 5.74) is 0.998. The Bertz CT molecular complexity index is 477. The normalized spacial score (nSPS) is 15.1. The molecule has 0 spiro atoms. The molecular weight excluding hydrogens is 359 g/mol. The minimum atomic E-state index is -0.127. The molecule has 2 nitrogen and oxygen atoms in total. The largest absolute Gasteiger partial charge is 0.289 e. The summed E-state index contributed by atoms with van der Waals surface area (Å²) in [5.74, 6) is -0.241. The molecule has 0 aliphatic heterocycles. The standard InChI is InChI=1S/C10H4BrIO2/c11-6-4-8(13)9-5(10(6)14)2-1-3-7(9)12/h1-4H. The Balaban J connectivity index is 2.75. The molecule has 0 heterocycles. The summed E-state index contributed by atoms with van der Waals surface area (Å²) in [6.45, 7) is 0. The molecule has 0 bridgehead atoms. The Morgan fingerprint density at radius 3 is 2.64 bits per heavy atom. The van der Waals surface area contributed by atoms with Gasteiger partial charge in [0.05, 0.1) is 4.48 Å². The molecule has 70 valence electrons. The van der Waals surface area contributed by atoms with Crippen LogP contribution in [-0.4, -0.2) is 11.6 Å². The smallest absolute Gasteiger partial charge is 0.200 e. The number of hydrogen-bond donors (Lipinski definition) is 0. The molecule has 0 unspecified atom stereocenters. The van der Waals surface area contributed by atoms with Crippen LogP contribution in [0.3, 0.4) is 0 Å². The highest BCUT2D eigenvalue weighted by molar-refractivity contribution is 14.1. The SMILES string of the molecule is O=C1C(Br)=CC(=O)c2c(I)cccc21. The molecule has 0 amide bonds. The summed E-state index contributed by atoms with van der Waals surface area (Å²) < 4.78 is 1.15. The van der Waals surface area contributed by atoms with E-state index < -0.39 is 0 Å². The first kappa shape index (κ1) is 10.0. The van der Waals surface area contributed by atoms with Crippen LogP contribution >= 0.6 is 38.5 Å². The van der Waals surface area contributed by atoms with E-state index in [0.29, 0.717) is 15.6 Å². The van der Waals surface area contributed by atoms with Crippen molar-refractivity contribution in [3.05, 3.63) is 43.5 Å². The van der Waals surface area contributed by atoms with Gasteiger partial charge < -0.3 is 0 Å². The molecule has 1 aliphatic rings. The third-order valence-corrected chi connectivity index (χ3v) is 3.47. The fraction of sp³-hybridized carbons (Fsp3) is 0. The van der Waals surface area contributed by atoms with Crippen molar-refractivity contribution in [3.8, 4) is 0 Å². The van der Waals surface area contributed by atoms with Gasteiger partial charge in [0.25, 0.3) is 0 Å². The molecule has 4 heteroatoms. The number of ketones is 2. The molecule has 0 saturated carbocycles. The van der Waals surface area contributed by atoms with Gasteiger partial charge in [-0.25, -0.2) is 0 Å². The van der Waals surface area contributed by atoms with Crippen molar-refractivity contribution >= 4 is 50.1 Å². The number of halogens is 2. The quantitative estimate of drug-likeness (QED) is 0.665. The summed E-state index contributed by atoms with van der Waals surface area (Å²) >= 11 is 5.13. The van der Waals surface area contributed by atoms with Gasteiger partial charge in [0.15, 0.2) is 5.78 Å². The maximum Gasteiger partial charge on any atom is 0.200 e. The fourth-order valence-corrected chi connectivity index (χ4v) is 2.53. The maximum atomic E-state index is 11.6. The molecule has 0 radical (unpaired) electrons. The van der Waals surface area contributed by atoms with Crippen LogP contribution in [0.1, 0.15) is 20.7 Å². The second-order valence-electron chi connectivity index (χ2n) is 2.85. The van der Waals surface area contributed by atoms with Gasteiger partial charge in [0.1, 0.15) is 0 Å². The number of benzene rings is 1. The summed E-state index contributed by atoms with van der Waals surface area (Å²) in [6, 6.07) is 5.26. The third kappa shape index (κ3) is 1.46. The van der Waals surface area contributed by atoms with Crippen LogP contribution in [0.4, 0.5) is 0 Å². The maximum absolute atomic E-state index is 11.6. The molecule has 14 heavy (non-hydrogen) atoms. The van der Waals surface area contributed by atoms with E-state index in [-0.39, 0.29) is 11.6 Å². The molecule has 0 fully saturated rings. The van der Waals surface area contributed by atoms with E-state index in [2.05, 4.69) is 38.5 Å². The van der Waals surface area contributed by atoms with Gasteiger partial charge in [-0.1, -0.05) is 12.1 Å². The molecule has 0 atom stereocenters. The van der Waals surface area contributed by atoms with E-state index in [1.807, 2.05) is 6.07 Å². The lowest BCUT2D eigenvalue weighted by atomic mass is 9.95. The van der Waals surface area contributed by atoms with E-state index in [9.17, 15) is 9.59 Å². The Hall–Kier alpha value is -0.490. The van der Waals surface area contributed by atoms with Gasteiger partial charge in [0, 0.05) is 20.8 Å². The third-order valence-electron chi connectivity index (χ3n) is 1.98. The number of carbonyl (C=O) groups excluding carboxylic acids is 2. The molecule has 1 aliphatic carbocycles. The van der Waals surface area contributed by atoms with Gasteiger partial charge in [-0.3, -0.25) is 9.59 Å². The first-order valence-corrected chi connectivity index (χ1v) is 5.73. The van der Waals surface area contributed by atoms with E-state index in [1.165, 1.54) is 6.08 Å². The van der Waals surface area contributed by atoms with Gasteiger partial charge in [-0.15, -0.1) is 0 Å². The van der Waals surface area contributed by atoms with Gasteiger partial charge >= 0.3 is 0 Å². The molecule has 2 rings (SSSR count). The van der Waals surface area contributed by atoms with Crippen LogP contribution in [0.25, 0.3) is 0 Å². The minimum absolute atomic E-state index is 0.114. The van der Waals surface area contributed by atoms with Crippen LogP contribution in [0.2, 0.25) is 0 Å². The number of fused-ring (bicyclic) bond motifs is 1. The van der Waals surface area contributed by atoms with Gasteiger partial charge in [0.2, 0.25) is 5.78 Å². The number of hydrogen-bond acceptors (Lipinski definition) is 2. The summed E-state index contributed by atoms with van der Waals surface area (Å²) in [7, 11) is 0. The Kier molecular flexibility index (Phi) is 2.57. The highest BCUT2D eigenvalue weighted by Crippen LogP contribution is 2.27. The lowest BCUT2D eigenvalue weighted by Gasteiger charge is -2.12. The predicted octanol–water partition coefficient (Wildman–Crippen LogP) is 2.95. The lowest BCUT2D eigenvalue weighted by Crippen LogP contribution is -2.15. The molecule has 0 N–H and O–H groups in total. The van der Waals surface area contributed by atoms with E-state index in [0.717, 1.165) is 3.57 Å². The van der Waals surface area contributed by atoms with Crippen molar-refractivity contribution in [3.63, 3.8) is 0 Å². The van der Waals surface area contributed by atoms with Gasteiger partial charge in [-0.05, 0) is 44.6 Å². The number of allylic oxidation sites excluding steroid dienone is 2. The van der Waals surface area contributed by atoms with Crippen LogP contribution in [0, 0.1) is 3.57 Å². The van der Waals surface area contributed by atoms with Crippen molar-refractivity contribution in [1.29, 1.82) is 0 Å². The average molecular weight is 363 g/mol. The van der Waals surface area contributed by atoms with E-state index in [4.69, 9.17) is 0 Å². The lowest BCUT2D eigenvalue weighted by molar-refractivity contribution is 0.0991. The highest BCUT2D eigenvalue weighted by Gasteiger charge is 2.25. The van der Waals surface area contributed by atoms with Gasteiger partial charge in [-0.2, -0.15) is 0 Å². The Morgan fingerprint density at radius 2 is 1.93 bits per heavy atom. The summed E-state index contributed by atoms with van der Waals surface area (Å²) in [6.07, 6.45) is 1.33. The number of Topliss-reactive ketones (excluding diaryl/α,β-unsaturated/α-hetero) is 1. The van der Waals surface area contributed by atoms with Crippen molar-refractivity contribution in [2.75, 3.05) is 0 Å². The van der Waals surface area contributed by atoms with Crippen LogP contribution in [-0.2, 0) is 0 Å². The second kappa shape index (κ2) is 3.58.